The van der Waals surface area contributed by atoms with Crippen LogP contribution in [0.25, 0.3) is 22.1 Å². The van der Waals surface area contributed by atoms with Crippen molar-refractivity contribution in [1.29, 1.82) is 0 Å². The molecule has 0 spiro atoms. The summed E-state index contributed by atoms with van der Waals surface area (Å²) in [6.07, 6.45) is 0.931. The second-order valence-electron chi connectivity index (χ2n) is 14.3. The van der Waals surface area contributed by atoms with Crippen molar-refractivity contribution in [3.8, 4) is 11.5 Å². The van der Waals surface area contributed by atoms with Gasteiger partial charge in [0.25, 0.3) is 11.8 Å². The van der Waals surface area contributed by atoms with Crippen molar-refractivity contribution in [2.45, 2.75) is 72.6 Å². The summed E-state index contributed by atoms with van der Waals surface area (Å²) < 4.78 is 34.8. The van der Waals surface area contributed by atoms with Gasteiger partial charge in [-0.25, -0.2) is 14.5 Å². The van der Waals surface area contributed by atoms with Crippen molar-refractivity contribution < 1.29 is 47.5 Å². The minimum absolute atomic E-state index is 0.0703. The number of hydrogen-bond acceptors (Lipinski definition) is 12. The fourth-order valence-corrected chi connectivity index (χ4v) is 7.70. The molecule has 0 bridgehead atoms. The number of carbonyl (C=O) groups is 4. The highest BCUT2D eigenvalue weighted by molar-refractivity contribution is 7.46. The number of carbonyl (C=O) groups excluding carboxylic acids is 4. The molecule has 1 atom stereocenters. The second-order valence-corrected chi connectivity index (χ2v) is 15.6. The Morgan fingerprint density at radius 3 is 1.98 bits per heavy atom. The predicted molar refractivity (Wildman–Crippen MR) is 220 cm³/mol. The monoisotopic (exact) mass is 860 g/mol. The van der Waals surface area contributed by atoms with Crippen molar-refractivity contribution >= 4 is 65.4 Å². The van der Waals surface area contributed by atoms with Gasteiger partial charge in [-0.1, -0.05) is 0 Å². The first kappa shape index (κ1) is 42.5. The van der Waals surface area contributed by atoms with E-state index < -0.39 is 37.5 Å². The minimum atomic E-state index is -4.71. The number of phosphoric acid groups is 1. The number of benzene rings is 2. The Kier molecular flexibility index (Phi) is 12.0. The van der Waals surface area contributed by atoms with E-state index >= 15 is 0 Å². The van der Waals surface area contributed by atoms with Crippen LogP contribution in [0.2, 0.25) is 0 Å². The summed E-state index contributed by atoms with van der Waals surface area (Å²) in [5, 5.41) is 14.6. The van der Waals surface area contributed by atoms with Gasteiger partial charge in [-0.15, -0.1) is 0 Å². The Morgan fingerprint density at radius 1 is 0.820 bits per heavy atom. The van der Waals surface area contributed by atoms with Gasteiger partial charge < -0.3 is 39.9 Å². The third kappa shape index (κ3) is 8.97. The van der Waals surface area contributed by atoms with Crippen LogP contribution in [0.3, 0.4) is 0 Å². The summed E-state index contributed by atoms with van der Waals surface area (Å²) in [7, 11) is -4.71. The van der Waals surface area contributed by atoms with E-state index in [1.165, 1.54) is 18.2 Å². The summed E-state index contributed by atoms with van der Waals surface area (Å²) in [6.45, 7) is 8.17. The fourth-order valence-electron chi connectivity index (χ4n) is 7.34. The van der Waals surface area contributed by atoms with Gasteiger partial charge in [-0.3, -0.25) is 43.7 Å². The van der Waals surface area contributed by atoms with Crippen molar-refractivity contribution in [3.05, 3.63) is 70.3 Å². The molecule has 4 aromatic heterocycles. The van der Waals surface area contributed by atoms with Crippen molar-refractivity contribution in [2.75, 3.05) is 30.5 Å². The summed E-state index contributed by atoms with van der Waals surface area (Å²) >= 11 is 0. The van der Waals surface area contributed by atoms with Gasteiger partial charge in [0.1, 0.15) is 40.5 Å². The molecule has 1 unspecified atom stereocenters. The van der Waals surface area contributed by atoms with Gasteiger partial charge in [0.2, 0.25) is 23.7 Å². The van der Waals surface area contributed by atoms with E-state index in [1.807, 2.05) is 18.4 Å². The highest BCUT2D eigenvalue weighted by atomic mass is 31.2. The molecule has 7 rings (SSSR count). The number of aromatic nitrogens is 8. The molecule has 5 heterocycles. The molecule has 6 aromatic rings. The number of phosphoric ester groups is 1. The van der Waals surface area contributed by atoms with Crippen LogP contribution in [0.1, 0.15) is 92.2 Å². The lowest BCUT2D eigenvalue weighted by molar-refractivity contribution is 0.0991. The van der Waals surface area contributed by atoms with Gasteiger partial charge in [0.05, 0.1) is 41.7 Å². The van der Waals surface area contributed by atoms with Gasteiger partial charge in [0.15, 0.2) is 0 Å². The molecule has 2 aromatic carbocycles. The Morgan fingerprint density at radius 2 is 1.39 bits per heavy atom. The molecule has 1 aliphatic rings. The second kappa shape index (κ2) is 17.2. The van der Waals surface area contributed by atoms with E-state index in [-0.39, 0.29) is 67.1 Å². The summed E-state index contributed by atoms with van der Waals surface area (Å²) in [5.41, 5.74) is 15.1. The summed E-state index contributed by atoms with van der Waals surface area (Å²) in [6, 6.07) is 8.92. The number of nitrogens with zero attached hydrogens (tertiary/aromatic N) is 8. The first-order valence-corrected chi connectivity index (χ1v) is 20.9. The molecule has 23 heteroatoms. The average Bonchev–Trinajstić information content (AvgIpc) is 3.97. The maximum atomic E-state index is 13.8. The average molecular weight is 861 g/mol. The predicted octanol–water partition coefficient (Wildman–Crippen LogP) is 3.43. The number of nitrogens with one attached hydrogen (secondary N) is 2. The van der Waals surface area contributed by atoms with Crippen molar-refractivity contribution in [1.82, 2.24) is 38.7 Å². The molecular weight excluding hydrogens is 815 g/mol. The van der Waals surface area contributed by atoms with Crippen LogP contribution in [0.4, 0.5) is 11.9 Å². The molecular formula is C38H45N12O10P. The zero-order valence-corrected chi connectivity index (χ0v) is 34.6. The molecule has 61 heavy (non-hydrogen) atoms. The zero-order valence-electron chi connectivity index (χ0n) is 33.7. The number of rotatable bonds is 18. The topological polar surface area (TPSA) is 301 Å². The first-order valence-electron chi connectivity index (χ1n) is 19.4. The normalized spacial score (nSPS) is 13.7. The summed E-state index contributed by atoms with van der Waals surface area (Å²) in [4.78, 5) is 79.7. The molecule has 0 aliphatic carbocycles. The third-order valence-electron chi connectivity index (χ3n) is 9.97. The lowest BCUT2D eigenvalue weighted by Gasteiger charge is -2.27. The smallest absolute Gasteiger partial charge is 0.469 e. The molecule has 8 N–H and O–H groups in total. The standard InChI is InChI=1S/C38H45N12O10P/c1-5-48-27(13-20(3)45-48)35(53)43-37-41-25-15-22(33(39)51)17-29(58-11-8-12-60-61(55,56)57)31(25)47(37)10-7-9-24-19-59-30-18-23(34(40)52)16-26-32(30)50(24)38(42-26)44-36(54)28-14-21(4)46-49(28)6-2/h13-18,24H,5-12,19H2,1-4H3,(H2,39,51)(H2,40,52)(H,41,43,53)(H,42,44,54)(H2,55,56,57). The number of imidazole rings is 2. The largest absolute Gasteiger partial charge is 0.491 e. The van der Waals surface area contributed by atoms with Gasteiger partial charge in [-0.05, 0) is 76.9 Å². The maximum absolute atomic E-state index is 13.8. The highest BCUT2D eigenvalue weighted by Crippen LogP contribution is 2.40. The lowest BCUT2D eigenvalue weighted by atomic mass is 10.1. The van der Waals surface area contributed by atoms with Crippen LogP contribution in [0.15, 0.2) is 36.4 Å². The van der Waals surface area contributed by atoms with Gasteiger partial charge in [-0.2, -0.15) is 10.2 Å². The van der Waals surface area contributed by atoms with E-state index in [1.54, 1.807) is 46.0 Å². The molecule has 22 nitrogen and oxygen atoms in total. The van der Waals surface area contributed by atoms with E-state index in [9.17, 15) is 23.7 Å². The molecule has 1 aliphatic heterocycles. The number of amides is 4. The third-order valence-corrected chi connectivity index (χ3v) is 10.5. The Hall–Kier alpha value is -6.61. The van der Waals surface area contributed by atoms with E-state index in [0.29, 0.717) is 71.0 Å². The Balaban J connectivity index is 1.24. The minimum Gasteiger partial charge on any atom is -0.491 e. The van der Waals surface area contributed by atoms with Crippen LogP contribution in [-0.2, 0) is 28.7 Å². The number of anilines is 2. The summed E-state index contributed by atoms with van der Waals surface area (Å²) in [5.74, 6) is -1.46. The highest BCUT2D eigenvalue weighted by Gasteiger charge is 2.30. The molecule has 0 radical (unpaired) electrons. The molecule has 0 saturated heterocycles. The van der Waals surface area contributed by atoms with Crippen molar-refractivity contribution in [2.24, 2.45) is 11.5 Å². The van der Waals surface area contributed by atoms with Crippen LogP contribution < -0.4 is 31.6 Å². The zero-order chi connectivity index (χ0) is 43.7. The SMILES string of the molecule is CCn1nc(C)cc1C(=O)Nc1nc2cc(C(N)=O)cc(OCCCOP(=O)(O)O)c2n1CCCC1COc2cc(C(N)=O)cc3nc(NC(=O)c4cc(C)nn4CC)n1c23. The van der Waals surface area contributed by atoms with E-state index in [0.717, 1.165) is 0 Å². The van der Waals surface area contributed by atoms with Gasteiger partial charge >= 0.3 is 7.82 Å². The molecule has 0 fully saturated rings. The Labute approximate surface area is 347 Å². The van der Waals surface area contributed by atoms with Gasteiger partial charge in [0, 0.05) is 37.2 Å². The molecule has 4 amide bonds. The number of fused-ring (bicyclic) bond motifs is 1. The Bertz CT molecular complexity index is 2750. The van der Waals surface area contributed by atoms with Crippen LogP contribution >= 0.6 is 7.82 Å². The number of hydrogen-bond donors (Lipinski definition) is 6. The quantitative estimate of drug-likeness (QED) is 0.0533. The van der Waals surface area contributed by atoms with E-state index in [2.05, 4.69) is 25.4 Å². The van der Waals surface area contributed by atoms with E-state index in [4.69, 9.17) is 40.7 Å². The molecule has 0 saturated carbocycles. The maximum Gasteiger partial charge on any atom is 0.469 e. The number of ether oxygens (including phenoxy) is 2. The fraction of sp³-hybridized carbons (Fsp3) is 0.368. The molecule has 322 valence electrons. The lowest BCUT2D eigenvalue weighted by Crippen LogP contribution is -2.26. The number of nitrogens with two attached hydrogens (primary N) is 2. The van der Waals surface area contributed by atoms with Crippen LogP contribution in [0, 0.1) is 13.8 Å². The van der Waals surface area contributed by atoms with Crippen LogP contribution in [-0.4, -0.2) is 91.9 Å². The van der Waals surface area contributed by atoms with Crippen molar-refractivity contribution in [3.63, 3.8) is 0 Å². The number of primary amides is 2. The number of aryl methyl sites for hydroxylation is 5. The first-order chi connectivity index (χ1) is 29.0. The van der Waals surface area contributed by atoms with Crippen LogP contribution in [0.5, 0.6) is 11.5 Å².